The van der Waals surface area contributed by atoms with E-state index in [-0.39, 0.29) is 19.0 Å². The average molecular weight is 403 g/mol. The maximum absolute atomic E-state index is 13.6. The third-order valence-corrected chi connectivity index (χ3v) is 4.83. The molecule has 1 saturated heterocycles. The van der Waals surface area contributed by atoms with Crippen LogP contribution in [0.1, 0.15) is 40.0 Å². The Morgan fingerprint density at radius 1 is 0.897 bits per heavy atom. The first-order valence-electron chi connectivity index (χ1n) is 9.55. The summed E-state index contributed by atoms with van der Waals surface area (Å²) in [7, 11) is 0. The smallest absolute Gasteiger partial charge is 0.254 e. The molecule has 3 N–H and O–H groups in total. The van der Waals surface area contributed by atoms with Crippen molar-refractivity contribution in [3.8, 4) is 5.75 Å². The molecule has 2 aromatic rings. The Kier molecular flexibility index (Phi) is 6.64. The first kappa shape index (κ1) is 20.6. The number of piperidine rings is 1. The molecule has 0 unspecified atom stereocenters. The molecule has 0 atom stereocenters. The van der Waals surface area contributed by atoms with Gasteiger partial charge in [-0.05, 0) is 49.6 Å². The Morgan fingerprint density at radius 2 is 1.52 bits per heavy atom. The summed E-state index contributed by atoms with van der Waals surface area (Å²) in [5.41, 5.74) is 1.08. The number of anilines is 1. The van der Waals surface area contributed by atoms with Crippen LogP contribution in [-0.4, -0.2) is 43.1 Å². The first-order chi connectivity index (χ1) is 14.0. The fourth-order valence-electron chi connectivity index (χ4n) is 3.24. The number of hydrogen-bond donors (Lipinski definition) is 3. The molecule has 1 heterocycles. The third kappa shape index (κ3) is 5.22. The van der Waals surface area contributed by atoms with Gasteiger partial charge in [0.2, 0.25) is 0 Å². The van der Waals surface area contributed by atoms with Crippen molar-refractivity contribution in [3.63, 3.8) is 0 Å². The van der Waals surface area contributed by atoms with Gasteiger partial charge in [0.1, 0.15) is 5.82 Å². The molecule has 1 aliphatic heterocycles. The molecule has 0 aromatic heterocycles. The summed E-state index contributed by atoms with van der Waals surface area (Å²) < 4.78 is 26.9. The summed E-state index contributed by atoms with van der Waals surface area (Å²) in [5.74, 6) is -4.09. The number of carbonyl (C=O) groups excluding carboxylic acids is 2. The summed E-state index contributed by atoms with van der Waals surface area (Å²) in [5, 5.41) is 14.1. The highest BCUT2D eigenvalue weighted by Crippen LogP contribution is 2.21. The van der Waals surface area contributed by atoms with Gasteiger partial charge in [0.25, 0.3) is 11.8 Å². The van der Waals surface area contributed by atoms with E-state index in [9.17, 15) is 18.4 Å². The zero-order chi connectivity index (χ0) is 20.8. The molecule has 2 amide bonds. The van der Waals surface area contributed by atoms with Crippen LogP contribution in [0.5, 0.6) is 5.75 Å². The third-order valence-electron chi connectivity index (χ3n) is 4.83. The van der Waals surface area contributed by atoms with Crippen molar-refractivity contribution in [2.24, 2.45) is 0 Å². The number of aromatic hydroxyl groups is 1. The fraction of sp³-hybridized carbons (Fsp3) is 0.333. The second-order valence-corrected chi connectivity index (χ2v) is 6.89. The van der Waals surface area contributed by atoms with E-state index in [1.807, 2.05) is 12.1 Å². The van der Waals surface area contributed by atoms with E-state index >= 15 is 0 Å². The number of hydrogen-bond acceptors (Lipinski definition) is 4. The van der Waals surface area contributed by atoms with Crippen LogP contribution in [-0.2, 0) is 0 Å². The summed E-state index contributed by atoms with van der Waals surface area (Å²) in [6, 6.07) is 8.52. The van der Waals surface area contributed by atoms with Crippen molar-refractivity contribution in [3.05, 3.63) is 59.2 Å². The molecule has 0 spiro atoms. The van der Waals surface area contributed by atoms with Gasteiger partial charge < -0.3 is 20.6 Å². The summed E-state index contributed by atoms with van der Waals surface area (Å²) in [4.78, 5) is 26.4. The second-order valence-electron chi connectivity index (χ2n) is 6.89. The molecular formula is C21H23F2N3O3. The van der Waals surface area contributed by atoms with Crippen LogP contribution < -0.4 is 15.5 Å². The molecule has 0 aliphatic carbocycles. The minimum absolute atomic E-state index is 0.0400. The van der Waals surface area contributed by atoms with Crippen molar-refractivity contribution >= 4 is 17.5 Å². The van der Waals surface area contributed by atoms with E-state index in [4.69, 9.17) is 5.11 Å². The quantitative estimate of drug-likeness (QED) is 0.648. The van der Waals surface area contributed by atoms with Gasteiger partial charge in [-0.3, -0.25) is 9.59 Å². The lowest BCUT2D eigenvalue weighted by Crippen LogP contribution is -2.35. The largest absolute Gasteiger partial charge is 0.505 e. The highest BCUT2D eigenvalue weighted by molar-refractivity contribution is 5.95. The minimum Gasteiger partial charge on any atom is -0.505 e. The topological polar surface area (TPSA) is 81.7 Å². The Hall–Kier alpha value is -3.16. The van der Waals surface area contributed by atoms with E-state index < -0.39 is 28.9 Å². The fourth-order valence-corrected chi connectivity index (χ4v) is 3.24. The van der Waals surface area contributed by atoms with Crippen molar-refractivity contribution in [2.75, 3.05) is 31.1 Å². The van der Waals surface area contributed by atoms with Crippen LogP contribution in [0.25, 0.3) is 0 Å². The number of carbonyl (C=O) groups is 2. The van der Waals surface area contributed by atoms with Gasteiger partial charge in [0, 0.05) is 43.5 Å². The van der Waals surface area contributed by atoms with Crippen LogP contribution in [0.15, 0.2) is 36.4 Å². The molecule has 29 heavy (non-hydrogen) atoms. The first-order valence-corrected chi connectivity index (χ1v) is 9.55. The number of phenols is 1. The Morgan fingerprint density at radius 3 is 2.17 bits per heavy atom. The van der Waals surface area contributed by atoms with Gasteiger partial charge in [-0.25, -0.2) is 8.78 Å². The second kappa shape index (κ2) is 9.36. The zero-order valence-electron chi connectivity index (χ0n) is 15.9. The van der Waals surface area contributed by atoms with E-state index in [1.165, 1.54) is 19.3 Å². The predicted octanol–water partition coefficient (Wildman–Crippen LogP) is 2.82. The number of phenolic OH excluding ortho intramolecular Hbond substituents is 1. The van der Waals surface area contributed by atoms with Crippen LogP contribution in [0, 0.1) is 11.6 Å². The minimum atomic E-state index is -1.09. The summed E-state index contributed by atoms with van der Waals surface area (Å²) in [6.07, 6.45) is 3.60. The summed E-state index contributed by atoms with van der Waals surface area (Å²) in [6.45, 7) is 2.21. The number of nitrogens with zero attached hydrogens (tertiary/aromatic N) is 1. The predicted molar refractivity (Wildman–Crippen MR) is 105 cm³/mol. The molecule has 0 bridgehead atoms. The standard InChI is InChI=1S/C21H23F2N3O3/c22-17-13-19(27)18(23)12-16(17)21(29)25-9-8-24-20(28)14-4-6-15(7-5-14)26-10-2-1-3-11-26/h4-7,12-13,27H,1-3,8-11H2,(H,24,28)(H,25,29). The van der Waals surface area contributed by atoms with Crippen molar-refractivity contribution < 1.29 is 23.5 Å². The van der Waals surface area contributed by atoms with E-state index in [2.05, 4.69) is 15.5 Å². The monoisotopic (exact) mass is 403 g/mol. The van der Waals surface area contributed by atoms with Gasteiger partial charge in [-0.2, -0.15) is 0 Å². The molecule has 2 aromatic carbocycles. The number of halogens is 2. The van der Waals surface area contributed by atoms with Gasteiger partial charge in [-0.15, -0.1) is 0 Å². The van der Waals surface area contributed by atoms with E-state index in [0.29, 0.717) is 17.7 Å². The molecule has 154 valence electrons. The van der Waals surface area contributed by atoms with Crippen LogP contribution >= 0.6 is 0 Å². The number of nitrogens with one attached hydrogen (secondary N) is 2. The molecule has 6 nitrogen and oxygen atoms in total. The number of amides is 2. The molecule has 1 fully saturated rings. The van der Waals surface area contributed by atoms with Crippen LogP contribution in [0.2, 0.25) is 0 Å². The van der Waals surface area contributed by atoms with E-state index in [0.717, 1.165) is 18.8 Å². The highest BCUT2D eigenvalue weighted by atomic mass is 19.1. The number of benzene rings is 2. The van der Waals surface area contributed by atoms with Gasteiger partial charge in [0.05, 0.1) is 5.56 Å². The molecule has 3 rings (SSSR count). The lowest BCUT2D eigenvalue weighted by Gasteiger charge is -2.28. The molecular weight excluding hydrogens is 380 g/mol. The Balaban J connectivity index is 1.46. The maximum atomic E-state index is 13.6. The van der Waals surface area contributed by atoms with Crippen LogP contribution in [0.3, 0.4) is 0 Å². The Bertz CT molecular complexity index is 881. The SMILES string of the molecule is O=C(NCCNC(=O)c1cc(F)c(O)cc1F)c1ccc(N2CCCCC2)cc1. The molecule has 1 aliphatic rings. The Labute approximate surface area is 167 Å². The lowest BCUT2D eigenvalue weighted by atomic mass is 10.1. The maximum Gasteiger partial charge on any atom is 0.254 e. The van der Waals surface area contributed by atoms with E-state index in [1.54, 1.807) is 12.1 Å². The van der Waals surface area contributed by atoms with Gasteiger partial charge in [0.15, 0.2) is 11.6 Å². The molecule has 8 heteroatoms. The van der Waals surface area contributed by atoms with Crippen LogP contribution in [0.4, 0.5) is 14.5 Å². The van der Waals surface area contributed by atoms with Gasteiger partial charge in [-0.1, -0.05) is 0 Å². The average Bonchev–Trinajstić information content (AvgIpc) is 2.74. The number of rotatable bonds is 6. The lowest BCUT2D eigenvalue weighted by molar-refractivity contribution is 0.0925. The molecule has 0 saturated carbocycles. The zero-order valence-corrected chi connectivity index (χ0v) is 15.9. The highest BCUT2D eigenvalue weighted by Gasteiger charge is 2.16. The van der Waals surface area contributed by atoms with Crippen molar-refractivity contribution in [1.29, 1.82) is 0 Å². The van der Waals surface area contributed by atoms with Gasteiger partial charge >= 0.3 is 0 Å². The molecule has 0 radical (unpaired) electrons. The van der Waals surface area contributed by atoms with Crippen molar-refractivity contribution in [1.82, 2.24) is 10.6 Å². The van der Waals surface area contributed by atoms with Crippen molar-refractivity contribution in [2.45, 2.75) is 19.3 Å². The summed E-state index contributed by atoms with van der Waals surface area (Å²) >= 11 is 0. The normalized spacial score (nSPS) is 13.8.